The van der Waals surface area contributed by atoms with Crippen LogP contribution >= 0.6 is 11.8 Å². The van der Waals surface area contributed by atoms with Crippen LogP contribution in [0, 0.1) is 0 Å². The summed E-state index contributed by atoms with van der Waals surface area (Å²) in [5.41, 5.74) is 6.07. The van der Waals surface area contributed by atoms with Crippen molar-refractivity contribution in [3.05, 3.63) is 6.07 Å². The van der Waals surface area contributed by atoms with Crippen LogP contribution in [0.15, 0.2) is 11.2 Å². The molecule has 0 saturated carbocycles. The molecule has 1 aromatic rings. The van der Waals surface area contributed by atoms with Crippen LogP contribution in [-0.4, -0.2) is 52.8 Å². The first kappa shape index (κ1) is 14.4. The summed E-state index contributed by atoms with van der Waals surface area (Å²) in [6.45, 7) is 10.9. The second kappa shape index (κ2) is 5.54. The monoisotopic (exact) mass is 281 g/mol. The van der Waals surface area contributed by atoms with Gasteiger partial charge in [0.25, 0.3) is 0 Å². The Morgan fingerprint density at radius 2 is 1.79 bits per heavy atom. The predicted molar refractivity (Wildman–Crippen MR) is 81.8 cm³/mol. The number of hydrogen-bond donors (Lipinski definition) is 1. The van der Waals surface area contributed by atoms with Crippen molar-refractivity contribution in [1.29, 1.82) is 0 Å². The van der Waals surface area contributed by atoms with Crippen molar-refractivity contribution in [3.8, 4) is 0 Å². The summed E-state index contributed by atoms with van der Waals surface area (Å²) in [7, 11) is 0. The van der Waals surface area contributed by atoms with Crippen LogP contribution < -0.4 is 10.6 Å². The molecule has 0 aliphatic carbocycles. The van der Waals surface area contributed by atoms with Crippen molar-refractivity contribution >= 4 is 23.4 Å². The molecule has 1 aromatic heterocycles. The molecule has 0 atom stereocenters. The molecule has 0 spiro atoms. The number of hydrogen-bond acceptors (Lipinski definition) is 6. The zero-order valence-corrected chi connectivity index (χ0v) is 13.0. The summed E-state index contributed by atoms with van der Waals surface area (Å²) in [6.07, 6.45) is 1.97. The van der Waals surface area contributed by atoms with Gasteiger partial charge in [-0.2, -0.15) is 0 Å². The Labute approximate surface area is 119 Å². The van der Waals surface area contributed by atoms with Crippen molar-refractivity contribution in [2.75, 3.05) is 43.1 Å². The number of piperazine rings is 1. The predicted octanol–water partition coefficient (Wildman–Crippen LogP) is 1.70. The van der Waals surface area contributed by atoms with E-state index in [9.17, 15) is 0 Å². The van der Waals surface area contributed by atoms with E-state index in [4.69, 9.17) is 5.73 Å². The highest BCUT2D eigenvalue weighted by Gasteiger charge is 2.26. The number of nitrogens with zero attached hydrogens (tertiary/aromatic N) is 4. The fraction of sp³-hybridized carbons (Fsp3) is 0.692. The third-order valence-corrected chi connectivity index (χ3v) is 3.99. The van der Waals surface area contributed by atoms with Crippen LogP contribution in [0.5, 0.6) is 0 Å². The van der Waals surface area contributed by atoms with E-state index in [1.165, 1.54) is 11.8 Å². The lowest BCUT2D eigenvalue weighted by Gasteiger charge is -2.42. The summed E-state index contributed by atoms with van der Waals surface area (Å²) >= 11 is 1.53. The molecular weight excluding hydrogens is 258 g/mol. The van der Waals surface area contributed by atoms with Crippen LogP contribution in [0.2, 0.25) is 0 Å². The van der Waals surface area contributed by atoms with Gasteiger partial charge in [0.2, 0.25) is 0 Å². The fourth-order valence-electron chi connectivity index (χ4n) is 2.29. The number of aromatic nitrogens is 2. The summed E-state index contributed by atoms with van der Waals surface area (Å²) in [5, 5.41) is 0.744. The summed E-state index contributed by atoms with van der Waals surface area (Å²) in [5.74, 6) is 1.50. The van der Waals surface area contributed by atoms with Crippen molar-refractivity contribution in [2.45, 2.75) is 31.5 Å². The number of thioether (sulfide) groups is 1. The molecule has 0 unspecified atom stereocenters. The summed E-state index contributed by atoms with van der Waals surface area (Å²) in [4.78, 5) is 13.5. The third kappa shape index (κ3) is 3.51. The van der Waals surface area contributed by atoms with Gasteiger partial charge in [-0.1, -0.05) is 11.8 Å². The molecule has 2 N–H and O–H groups in total. The van der Waals surface area contributed by atoms with Crippen molar-refractivity contribution in [3.63, 3.8) is 0 Å². The standard InChI is InChI=1S/C13H23N5S/c1-13(2,3)18-7-5-17(6-8-18)11-9-10(14)15-12(16-11)19-4/h9H,5-8H2,1-4H3,(H2,14,15,16). The van der Waals surface area contributed by atoms with E-state index >= 15 is 0 Å². The minimum absolute atomic E-state index is 0.237. The Hall–Kier alpha value is -1.01. The minimum Gasteiger partial charge on any atom is -0.383 e. The third-order valence-electron chi connectivity index (χ3n) is 3.45. The van der Waals surface area contributed by atoms with E-state index in [1.54, 1.807) is 0 Å². The maximum absolute atomic E-state index is 5.84. The van der Waals surface area contributed by atoms with Crippen molar-refractivity contribution in [1.82, 2.24) is 14.9 Å². The zero-order chi connectivity index (χ0) is 14.0. The molecule has 2 rings (SSSR count). The lowest BCUT2D eigenvalue weighted by molar-refractivity contribution is 0.128. The molecule has 1 fully saturated rings. The van der Waals surface area contributed by atoms with E-state index < -0.39 is 0 Å². The molecule has 0 radical (unpaired) electrons. The minimum atomic E-state index is 0.237. The topological polar surface area (TPSA) is 58.3 Å². The molecule has 0 bridgehead atoms. The number of rotatable bonds is 2. The largest absolute Gasteiger partial charge is 0.383 e. The normalized spacial score (nSPS) is 17.8. The number of nitrogens with two attached hydrogens (primary N) is 1. The van der Waals surface area contributed by atoms with E-state index in [2.05, 4.69) is 40.5 Å². The Kier molecular flexibility index (Phi) is 4.20. The SMILES string of the molecule is CSc1nc(N)cc(N2CCN(C(C)(C)C)CC2)n1. The van der Waals surface area contributed by atoms with Gasteiger partial charge in [-0.25, -0.2) is 9.97 Å². The average Bonchev–Trinajstić information content (AvgIpc) is 2.37. The molecule has 19 heavy (non-hydrogen) atoms. The first-order chi connectivity index (χ1) is 8.90. The smallest absolute Gasteiger partial charge is 0.191 e. The Bertz CT molecular complexity index is 435. The van der Waals surface area contributed by atoms with Crippen molar-refractivity contribution < 1.29 is 0 Å². The molecule has 1 saturated heterocycles. The van der Waals surface area contributed by atoms with Gasteiger partial charge in [-0.05, 0) is 27.0 Å². The van der Waals surface area contributed by atoms with Gasteiger partial charge in [-0.15, -0.1) is 0 Å². The maximum Gasteiger partial charge on any atom is 0.191 e. The van der Waals surface area contributed by atoms with Crippen LogP contribution in [0.4, 0.5) is 11.6 Å². The highest BCUT2D eigenvalue weighted by atomic mass is 32.2. The highest BCUT2D eigenvalue weighted by Crippen LogP contribution is 2.22. The molecule has 6 heteroatoms. The Morgan fingerprint density at radius 3 is 2.32 bits per heavy atom. The zero-order valence-electron chi connectivity index (χ0n) is 12.2. The maximum atomic E-state index is 5.84. The second-order valence-electron chi connectivity index (χ2n) is 5.78. The van der Waals surface area contributed by atoms with Crippen LogP contribution in [-0.2, 0) is 0 Å². The lowest BCUT2D eigenvalue weighted by Crippen LogP contribution is -2.53. The van der Waals surface area contributed by atoms with Crippen LogP contribution in [0.25, 0.3) is 0 Å². The van der Waals surface area contributed by atoms with Gasteiger partial charge in [0, 0.05) is 37.8 Å². The summed E-state index contributed by atoms with van der Waals surface area (Å²) < 4.78 is 0. The number of nitrogen functional groups attached to an aromatic ring is 1. The lowest BCUT2D eigenvalue weighted by atomic mass is 10.1. The average molecular weight is 281 g/mol. The van der Waals surface area contributed by atoms with Gasteiger partial charge >= 0.3 is 0 Å². The van der Waals surface area contributed by atoms with Crippen molar-refractivity contribution in [2.24, 2.45) is 0 Å². The van der Waals surface area contributed by atoms with Gasteiger partial charge in [0.1, 0.15) is 11.6 Å². The molecule has 0 amide bonds. The van der Waals surface area contributed by atoms with Gasteiger partial charge in [0.15, 0.2) is 5.16 Å². The quantitative estimate of drug-likeness (QED) is 0.658. The first-order valence-electron chi connectivity index (χ1n) is 6.58. The molecule has 106 valence electrons. The van der Waals surface area contributed by atoms with E-state index in [0.29, 0.717) is 5.82 Å². The Balaban J connectivity index is 2.07. The highest BCUT2D eigenvalue weighted by molar-refractivity contribution is 7.98. The number of anilines is 2. The van der Waals surface area contributed by atoms with Gasteiger partial charge in [-0.3, -0.25) is 4.90 Å². The summed E-state index contributed by atoms with van der Waals surface area (Å²) in [6, 6.07) is 1.87. The molecule has 5 nitrogen and oxygen atoms in total. The molecule has 2 heterocycles. The fourth-order valence-corrected chi connectivity index (χ4v) is 2.67. The molecular formula is C13H23N5S. The van der Waals surface area contributed by atoms with Crippen LogP contribution in [0.3, 0.4) is 0 Å². The first-order valence-corrected chi connectivity index (χ1v) is 7.81. The van der Waals surface area contributed by atoms with E-state index in [-0.39, 0.29) is 5.54 Å². The van der Waals surface area contributed by atoms with E-state index in [0.717, 1.165) is 37.2 Å². The Morgan fingerprint density at radius 1 is 1.16 bits per heavy atom. The van der Waals surface area contributed by atoms with Gasteiger partial charge in [0.05, 0.1) is 0 Å². The van der Waals surface area contributed by atoms with Gasteiger partial charge < -0.3 is 10.6 Å². The second-order valence-corrected chi connectivity index (χ2v) is 6.56. The van der Waals surface area contributed by atoms with Crippen LogP contribution in [0.1, 0.15) is 20.8 Å². The molecule has 0 aromatic carbocycles. The molecule has 1 aliphatic rings. The van der Waals surface area contributed by atoms with E-state index in [1.807, 2.05) is 12.3 Å². The molecule has 1 aliphatic heterocycles.